The van der Waals surface area contributed by atoms with Crippen molar-refractivity contribution in [3.63, 3.8) is 0 Å². The predicted octanol–water partition coefficient (Wildman–Crippen LogP) is 2.42. The number of amides is 1. The van der Waals surface area contributed by atoms with Crippen LogP contribution in [0.3, 0.4) is 0 Å². The number of nitrogens with one attached hydrogen (secondary N) is 2. The maximum absolute atomic E-state index is 13.1. The summed E-state index contributed by atoms with van der Waals surface area (Å²) in [4.78, 5) is 25.2. The minimum absolute atomic E-state index is 0.160. The topological polar surface area (TPSA) is 121 Å². The highest BCUT2D eigenvalue weighted by atomic mass is 32.2. The van der Waals surface area contributed by atoms with E-state index in [1.807, 2.05) is 20.8 Å². The van der Waals surface area contributed by atoms with Crippen LogP contribution < -0.4 is 10.3 Å². The SMILES string of the molecule is Cc1ccc(-c2ccc(=O)[nH]n2)cc1S(=O)(=O)NC1CCN(C(=O)OC(C)(C)C)CC1. The van der Waals surface area contributed by atoms with Crippen LogP contribution in [0.1, 0.15) is 39.2 Å². The largest absolute Gasteiger partial charge is 0.444 e. The van der Waals surface area contributed by atoms with Gasteiger partial charge in [0.05, 0.1) is 10.6 Å². The fraction of sp³-hybridized carbons (Fsp3) is 0.476. The van der Waals surface area contributed by atoms with Crippen molar-refractivity contribution in [2.75, 3.05) is 13.1 Å². The van der Waals surface area contributed by atoms with Gasteiger partial charge in [-0.05, 0) is 58.2 Å². The Balaban J connectivity index is 1.70. The van der Waals surface area contributed by atoms with Crippen LogP contribution >= 0.6 is 0 Å². The number of piperidine rings is 1. The molecule has 1 amide bonds. The van der Waals surface area contributed by atoms with Crippen molar-refractivity contribution in [3.8, 4) is 11.3 Å². The molecule has 0 bridgehead atoms. The molecule has 0 unspecified atom stereocenters. The Labute approximate surface area is 181 Å². The summed E-state index contributed by atoms with van der Waals surface area (Å²) in [5.41, 5.74) is 0.761. The van der Waals surface area contributed by atoms with Crippen LogP contribution in [0.15, 0.2) is 40.0 Å². The molecule has 0 radical (unpaired) electrons. The molecule has 1 aliphatic heterocycles. The summed E-state index contributed by atoms with van der Waals surface area (Å²) in [6.07, 6.45) is 0.614. The van der Waals surface area contributed by atoms with Gasteiger partial charge in [-0.25, -0.2) is 23.0 Å². The number of ether oxygens (including phenoxy) is 1. The minimum Gasteiger partial charge on any atom is -0.444 e. The standard InChI is InChI=1S/C21H28N4O5S/c1-14-5-6-15(17-7-8-19(26)23-22-17)13-18(14)31(28,29)24-16-9-11-25(12-10-16)20(27)30-21(2,3)4/h5-8,13,16,24H,9-12H2,1-4H3,(H,23,26). The van der Waals surface area contributed by atoms with Crippen molar-refractivity contribution in [1.29, 1.82) is 0 Å². The first-order chi connectivity index (χ1) is 14.4. The Morgan fingerprint density at radius 3 is 2.45 bits per heavy atom. The van der Waals surface area contributed by atoms with Crippen LogP contribution in [0.5, 0.6) is 0 Å². The molecule has 0 atom stereocenters. The number of nitrogens with zero attached hydrogens (tertiary/aromatic N) is 2. The molecule has 2 aromatic rings. The first-order valence-corrected chi connectivity index (χ1v) is 11.6. The van der Waals surface area contributed by atoms with Gasteiger partial charge in [-0.15, -0.1) is 0 Å². The van der Waals surface area contributed by atoms with Gasteiger partial charge in [0.2, 0.25) is 10.0 Å². The third-order valence-corrected chi connectivity index (χ3v) is 6.58. The maximum atomic E-state index is 13.1. The summed E-state index contributed by atoms with van der Waals surface area (Å²) in [5.74, 6) is 0. The number of rotatable bonds is 4. The van der Waals surface area contributed by atoms with Crippen molar-refractivity contribution >= 4 is 16.1 Å². The second-order valence-electron chi connectivity index (χ2n) is 8.65. The van der Waals surface area contributed by atoms with E-state index in [-0.39, 0.29) is 22.6 Å². The van der Waals surface area contributed by atoms with Gasteiger partial charge >= 0.3 is 6.09 Å². The van der Waals surface area contributed by atoms with Gasteiger partial charge in [0.1, 0.15) is 5.60 Å². The molecule has 1 aromatic carbocycles. The Morgan fingerprint density at radius 1 is 1.19 bits per heavy atom. The number of hydrogen-bond donors (Lipinski definition) is 2. The van der Waals surface area contributed by atoms with Crippen molar-refractivity contribution in [1.82, 2.24) is 19.8 Å². The van der Waals surface area contributed by atoms with Gasteiger partial charge in [-0.2, -0.15) is 5.10 Å². The van der Waals surface area contributed by atoms with Gasteiger partial charge in [-0.1, -0.05) is 12.1 Å². The predicted molar refractivity (Wildman–Crippen MR) is 116 cm³/mol. The van der Waals surface area contributed by atoms with Crippen LogP contribution in [-0.2, 0) is 14.8 Å². The Morgan fingerprint density at radius 2 is 1.87 bits per heavy atom. The first-order valence-electron chi connectivity index (χ1n) is 10.1. The van der Waals surface area contributed by atoms with Crippen LogP contribution in [0.2, 0.25) is 0 Å². The molecule has 1 aliphatic rings. The number of carbonyl (C=O) groups is 1. The molecule has 168 valence electrons. The molecule has 0 aliphatic carbocycles. The van der Waals surface area contributed by atoms with E-state index < -0.39 is 15.6 Å². The molecule has 1 saturated heterocycles. The van der Waals surface area contributed by atoms with E-state index in [4.69, 9.17) is 4.74 Å². The zero-order chi connectivity index (χ0) is 22.8. The van der Waals surface area contributed by atoms with Crippen LogP contribution in [0.25, 0.3) is 11.3 Å². The lowest BCUT2D eigenvalue weighted by atomic mass is 10.1. The summed E-state index contributed by atoms with van der Waals surface area (Å²) in [6.45, 7) is 8.00. The van der Waals surface area contributed by atoms with E-state index >= 15 is 0 Å². The fourth-order valence-corrected chi connectivity index (χ4v) is 4.92. The van der Waals surface area contributed by atoms with Crippen molar-refractivity contribution in [3.05, 3.63) is 46.2 Å². The van der Waals surface area contributed by atoms with E-state index in [1.165, 1.54) is 6.07 Å². The van der Waals surface area contributed by atoms with E-state index in [9.17, 15) is 18.0 Å². The monoisotopic (exact) mass is 448 g/mol. The van der Waals surface area contributed by atoms with Crippen LogP contribution in [0, 0.1) is 6.92 Å². The zero-order valence-corrected chi connectivity index (χ0v) is 19.0. The molecule has 10 heteroatoms. The van der Waals surface area contributed by atoms with Gasteiger partial charge in [-0.3, -0.25) is 4.79 Å². The van der Waals surface area contributed by atoms with E-state index in [1.54, 1.807) is 36.1 Å². The number of sulfonamides is 1. The molecule has 31 heavy (non-hydrogen) atoms. The summed E-state index contributed by atoms with van der Waals surface area (Å²) in [6, 6.07) is 7.62. The van der Waals surface area contributed by atoms with E-state index in [0.29, 0.717) is 42.8 Å². The number of aryl methyl sites for hydroxylation is 1. The number of aromatic amines is 1. The number of aromatic nitrogens is 2. The van der Waals surface area contributed by atoms with Gasteiger partial charge in [0.15, 0.2) is 0 Å². The van der Waals surface area contributed by atoms with Gasteiger partial charge in [0, 0.05) is 30.8 Å². The third-order valence-electron chi connectivity index (χ3n) is 4.92. The molecule has 1 aromatic heterocycles. The Bertz CT molecular complexity index is 1090. The summed E-state index contributed by atoms with van der Waals surface area (Å²) in [5, 5.41) is 6.32. The first kappa shape index (κ1) is 23.0. The summed E-state index contributed by atoms with van der Waals surface area (Å²) in [7, 11) is -3.78. The highest BCUT2D eigenvalue weighted by Crippen LogP contribution is 2.24. The Kier molecular flexibility index (Phi) is 6.51. The normalized spacial score (nSPS) is 15.7. The average Bonchev–Trinajstić information content (AvgIpc) is 2.68. The molecular formula is C21H28N4O5S. The third kappa shape index (κ3) is 5.92. The minimum atomic E-state index is -3.78. The molecule has 0 saturated carbocycles. The van der Waals surface area contributed by atoms with Gasteiger partial charge < -0.3 is 9.64 Å². The second kappa shape index (κ2) is 8.80. The molecule has 0 spiro atoms. The lowest BCUT2D eigenvalue weighted by Crippen LogP contribution is -2.47. The number of likely N-dealkylation sites (tertiary alicyclic amines) is 1. The van der Waals surface area contributed by atoms with Crippen LogP contribution in [-0.4, -0.2) is 54.3 Å². The summed E-state index contributed by atoms with van der Waals surface area (Å²) >= 11 is 0. The van der Waals surface area contributed by atoms with E-state index in [2.05, 4.69) is 14.9 Å². The van der Waals surface area contributed by atoms with E-state index in [0.717, 1.165) is 0 Å². The molecule has 9 nitrogen and oxygen atoms in total. The lowest BCUT2D eigenvalue weighted by molar-refractivity contribution is 0.0203. The molecule has 2 N–H and O–H groups in total. The number of hydrogen-bond acceptors (Lipinski definition) is 6. The number of H-pyrrole nitrogens is 1. The van der Waals surface area contributed by atoms with Crippen molar-refractivity contribution in [2.45, 2.75) is 57.1 Å². The lowest BCUT2D eigenvalue weighted by Gasteiger charge is -2.33. The molecular weight excluding hydrogens is 420 g/mol. The highest BCUT2D eigenvalue weighted by Gasteiger charge is 2.29. The molecule has 1 fully saturated rings. The number of benzene rings is 1. The second-order valence-corrected chi connectivity index (χ2v) is 10.3. The molecule has 2 heterocycles. The highest BCUT2D eigenvalue weighted by molar-refractivity contribution is 7.89. The maximum Gasteiger partial charge on any atom is 0.410 e. The quantitative estimate of drug-likeness (QED) is 0.741. The fourth-order valence-electron chi connectivity index (χ4n) is 3.34. The number of carbonyl (C=O) groups excluding carboxylic acids is 1. The Hall–Kier alpha value is -2.72. The van der Waals surface area contributed by atoms with Crippen LogP contribution in [0.4, 0.5) is 4.79 Å². The van der Waals surface area contributed by atoms with Gasteiger partial charge in [0.25, 0.3) is 5.56 Å². The smallest absolute Gasteiger partial charge is 0.410 e. The average molecular weight is 449 g/mol. The summed E-state index contributed by atoms with van der Waals surface area (Å²) < 4.78 is 34.3. The van der Waals surface area contributed by atoms with Crippen molar-refractivity contribution in [2.24, 2.45) is 0 Å². The molecule has 3 rings (SSSR count). The van der Waals surface area contributed by atoms with Crippen molar-refractivity contribution < 1.29 is 17.9 Å². The zero-order valence-electron chi connectivity index (χ0n) is 18.1.